The third-order valence-corrected chi connectivity index (χ3v) is 3.59. The first-order chi connectivity index (χ1) is 9.67. The van der Waals surface area contributed by atoms with E-state index >= 15 is 0 Å². The standard InChI is InChI=1S/C13H16F2N2O3/c14-12(15)20-10-1-2-11(16-7-10)17-4-6-19-13(8-17)3-5-18-9-13/h1-2,7,12H,3-6,8-9H2. The van der Waals surface area contributed by atoms with Gasteiger partial charge < -0.3 is 19.1 Å². The molecule has 1 atom stereocenters. The lowest BCUT2D eigenvalue weighted by Crippen LogP contribution is -2.52. The summed E-state index contributed by atoms with van der Waals surface area (Å²) in [6.07, 6.45) is 2.19. The number of morpholine rings is 1. The lowest BCUT2D eigenvalue weighted by Gasteiger charge is -2.40. The van der Waals surface area contributed by atoms with Crippen molar-refractivity contribution in [2.45, 2.75) is 18.6 Å². The highest BCUT2D eigenvalue weighted by Gasteiger charge is 2.40. The summed E-state index contributed by atoms with van der Waals surface area (Å²) in [5.74, 6) is 0.803. The Morgan fingerprint density at radius 1 is 1.35 bits per heavy atom. The molecule has 0 aromatic carbocycles. The molecule has 0 radical (unpaired) electrons. The SMILES string of the molecule is FC(F)Oc1ccc(N2CCOC3(CCOC3)C2)nc1. The number of aromatic nitrogens is 1. The van der Waals surface area contributed by atoms with Gasteiger partial charge in [0.05, 0.1) is 26.0 Å². The van der Waals surface area contributed by atoms with Crippen LogP contribution < -0.4 is 9.64 Å². The van der Waals surface area contributed by atoms with Crippen molar-refractivity contribution in [1.29, 1.82) is 0 Å². The first-order valence-corrected chi connectivity index (χ1v) is 6.54. The zero-order chi connectivity index (χ0) is 14.0. The molecule has 1 spiro atoms. The molecule has 1 unspecified atom stereocenters. The highest BCUT2D eigenvalue weighted by atomic mass is 19.3. The summed E-state index contributed by atoms with van der Waals surface area (Å²) in [4.78, 5) is 6.27. The minimum Gasteiger partial charge on any atom is -0.433 e. The maximum Gasteiger partial charge on any atom is 0.387 e. The number of alkyl halides is 2. The number of ether oxygens (including phenoxy) is 3. The average Bonchev–Trinajstić information content (AvgIpc) is 2.87. The Balaban J connectivity index is 1.69. The van der Waals surface area contributed by atoms with Crippen LogP contribution in [0.1, 0.15) is 6.42 Å². The van der Waals surface area contributed by atoms with Gasteiger partial charge in [-0.1, -0.05) is 0 Å². The molecule has 1 aromatic rings. The Kier molecular flexibility index (Phi) is 3.71. The van der Waals surface area contributed by atoms with Crippen LogP contribution in [0.4, 0.5) is 14.6 Å². The van der Waals surface area contributed by atoms with Crippen molar-refractivity contribution < 1.29 is 23.0 Å². The lowest BCUT2D eigenvalue weighted by atomic mass is 10.0. The molecule has 0 aliphatic carbocycles. The number of hydrogen-bond acceptors (Lipinski definition) is 5. The van der Waals surface area contributed by atoms with Crippen LogP contribution in [0.5, 0.6) is 5.75 Å². The van der Waals surface area contributed by atoms with E-state index < -0.39 is 6.61 Å². The molecular weight excluding hydrogens is 270 g/mol. The third kappa shape index (κ3) is 2.83. The summed E-state index contributed by atoms with van der Waals surface area (Å²) in [6.45, 7) is 0.516. The largest absolute Gasteiger partial charge is 0.433 e. The monoisotopic (exact) mass is 286 g/mol. The van der Waals surface area contributed by atoms with E-state index in [1.54, 1.807) is 6.07 Å². The number of nitrogens with zero attached hydrogens (tertiary/aromatic N) is 2. The van der Waals surface area contributed by atoms with Crippen LogP contribution in [0.25, 0.3) is 0 Å². The minimum atomic E-state index is -2.83. The topological polar surface area (TPSA) is 43.8 Å². The van der Waals surface area contributed by atoms with E-state index in [1.807, 2.05) is 0 Å². The molecule has 0 N–H and O–H groups in total. The Morgan fingerprint density at radius 2 is 2.25 bits per heavy atom. The molecule has 7 heteroatoms. The second-order valence-corrected chi connectivity index (χ2v) is 4.99. The van der Waals surface area contributed by atoms with Gasteiger partial charge in [0.1, 0.15) is 17.2 Å². The first kappa shape index (κ1) is 13.5. The van der Waals surface area contributed by atoms with Crippen molar-refractivity contribution in [3.8, 4) is 5.75 Å². The van der Waals surface area contributed by atoms with Crippen LogP contribution in [0.2, 0.25) is 0 Å². The van der Waals surface area contributed by atoms with Gasteiger partial charge in [-0.2, -0.15) is 8.78 Å². The normalized spacial score (nSPS) is 26.4. The summed E-state index contributed by atoms with van der Waals surface area (Å²) in [6, 6.07) is 3.19. The summed E-state index contributed by atoms with van der Waals surface area (Å²) < 4.78 is 39.7. The second-order valence-electron chi connectivity index (χ2n) is 4.99. The summed E-state index contributed by atoms with van der Waals surface area (Å²) in [5.41, 5.74) is -0.252. The van der Waals surface area contributed by atoms with Crippen LogP contribution in [-0.2, 0) is 9.47 Å². The van der Waals surface area contributed by atoms with E-state index in [0.717, 1.165) is 18.8 Å². The third-order valence-electron chi connectivity index (χ3n) is 3.59. The molecule has 5 nitrogen and oxygen atoms in total. The van der Waals surface area contributed by atoms with E-state index in [9.17, 15) is 8.78 Å². The van der Waals surface area contributed by atoms with Crippen LogP contribution >= 0.6 is 0 Å². The zero-order valence-electron chi connectivity index (χ0n) is 10.9. The van der Waals surface area contributed by atoms with E-state index in [1.165, 1.54) is 12.3 Å². The number of anilines is 1. The average molecular weight is 286 g/mol. The van der Waals surface area contributed by atoms with Crippen LogP contribution in [0.15, 0.2) is 18.3 Å². The first-order valence-electron chi connectivity index (χ1n) is 6.54. The number of rotatable bonds is 3. The molecule has 20 heavy (non-hydrogen) atoms. The van der Waals surface area contributed by atoms with Gasteiger partial charge in [0.25, 0.3) is 0 Å². The molecule has 3 heterocycles. The van der Waals surface area contributed by atoms with Crippen LogP contribution in [0, 0.1) is 0 Å². The zero-order valence-corrected chi connectivity index (χ0v) is 10.9. The molecule has 110 valence electrons. The van der Waals surface area contributed by atoms with Gasteiger partial charge in [-0.3, -0.25) is 0 Å². The number of hydrogen-bond donors (Lipinski definition) is 0. The molecule has 2 aliphatic rings. The number of pyridine rings is 1. The van der Waals surface area contributed by atoms with Gasteiger partial charge in [0.15, 0.2) is 0 Å². The predicted octanol–water partition coefficient (Wildman–Crippen LogP) is 1.68. The summed E-state index contributed by atoms with van der Waals surface area (Å²) >= 11 is 0. The Hall–Kier alpha value is -1.47. The quantitative estimate of drug-likeness (QED) is 0.846. The van der Waals surface area contributed by atoms with Crippen molar-refractivity contribution in [2.75, 3.05) is 37.8 Å². The van der Waals surface area contributed by atoms with Gasteiger partial charge in [-0.25, -0.2) is 4.98 Å². The lowest BCUT2D eigenvalue weighted by molar-refractivity contribution is -0.0581. The highest BCUT2D eigenvalue weighted by Crippen LogP contribution is 2.29. The van der Waals surface area contributed by atoms with Crippen LogP contribution in [0.3, 0.4) is 0 Å². The smallest absolute Gasteiger partial charge is 0.387 e. The molecule has 3 rings (SSSR count). The van der Waals surface area contributed by atoms with Gasteiger partial charge in [0, 0.05) is 19.6 Å². The highest BCUT2D eigenvalue weighted by molar-refractivity contribution is 5.42. The Morgan fingerprint density at radius 3 is 2.90 bits per heavy atom. The molecule has 2 saturated heterocycles. The minimum absolute atomic E-state index is 0.0657. The van der Waals surface area contributed by atoms with Gasteiger partial charge in [0.2, 0.25) is 0 Å². The van der Waals surface area contributed by atoms with Crippen molar-refractivity contribution in [3.63, 3.8) is 0 Å². The molecule has 0 amide bonds. The van der Waals surface area contributed by atoms with E-state index in [4.69, 9.17) is 9.47 Å². The van der Waals surface area contributed by atoms with Crippen molar-refractivity contribution in [3.05, 3.63) is 18.3 Å². The maximum absolute atomic E-state index is 12.1. The Bertz CT molecular complexity index is 449. The van der Waals surface area contributed by atoms with E-state index in [0.29, 0.717) is 26.4 Å². The van der Waals surface area contributed by atoms with Gasteiger partial charge in [-0.05, 0) is 12.1 Å². The molecule has 2 aliphatic heterocycles. The van der Waals surface area contributed by atoms with Gasteiger partial charge >= 0.3 is 6.61 Å². The van der Waals surface area contributed by atoms with Crippen molar-refractivity contribution in [1.82, 2.24) is 4.98 Å². The number of halogens is 2. The fourth-order valence-electron chi connectivity index (χ4n) is 2.60. The fourth-order valence-corrected chi connectivity index (χ4v) is 2.60. The molecule has 2 fully saturated rings. The molecular formula is C13H16F2N2O3. The molecule has 1 aromatic heterocycles. The van der Waals surface area contributed by atoms with Crippen molar-refractivity contribution >= 4 is 5.82 Å². The second kappa shape index (κ2) is 5.49. The van der Waals surface area contributed by atoms with E-state index in [2.05, 4.69) is 14.6 Å². The van der Waals surface area contributed by atoms with E-state index in [-0.39, 0.29) is 11.4 Å². The van der Waals surface area contributed by atoms with Gasteiger partial charge in [-0.15, -0.1) is 0 Å². The molecule has 0 saturated carbocycles. The molecule has 0 bridgehead atoms. The van der Waals surface area contributed by atoms with Crippen LogP contribution in [-0.4, -0.2) is 50.1 Å². The maximum atomic E-state index is 12.1. The summed E-state index contributed by atoms with van der Waals surface area (Å²) in [7, 11) is 0. The fraction of sp³-hybridized carbons (Fsp3) is 0.615. The summed E-state index contributed by atoms with van der Waals surface area (Å²) in [5, 5.41) is 0. The predicted molar refractivity (Wildman–Crippen MR) is 67.2 cm³/mol. The Labute approximate surface area is 115 Å². The van der Waals surface area contributed by atoms with Crippen molar-refractivity contribution in [2.24, 2.45) is 0 Å².